The van der Waals surface area contributed by atoms with Gasteiger partial charge in [0, 0.05) is 16.1 Å². The first kappa shape index (κ1) is 22.0. The minimum Gasteiger partial charge on any atom is -0.506 e. The number of aromatic hydroxyl groups is 2. The molecule has 0 saturated heterocycles. The second-order valence-corrected chi connectivity index (χ2v) is 9.23. The maximum atomic E-state index is 13.0. The molecule has 0 aliphatic carbocycles. The first-order valence-corrected chi connectivity index (χ1v) is 10.9. The van der Waals surface area contributed by atoms with Gasteiger partial charge in [-0.15, -0.1) is 0 Å². The van der Waals surface area contributed by atoms with Crippen molar-refractivity contribution in [1.82, 2.24) is 0 Å². The highest BCUT2D eigenvalue weighted by Gasteiger charge is 2.51. The van der Waals surface area contributed by atoms with Crippen LogP contribution < -0.4 is 0 Å². The van der Waals surface area contributed by atoms with Crippen LogP contribution >= 0.6 is 46.4 Å². The maximum absolute atomic E-state index is 13.0. The Labute approximate surface area is 186 Å². The normalized spacial score (nSPS) is 13.8. The van der Waals surface area contributed by atoms with Crippen molar-refractivity contribution in [2.24, 2.45) is 0 Å². The van der Waals surface area contributed by atoms with Crippen molar-refractivity contribution in [1.29, 1.82) is 0 Å². The van der Waals surface area contributed by atoms with Gasteiger partial charge >= 0.3 is 0 Å². The van der Waals surface area contributed by atoms with Crippen LogP contribution in [0.25, 0.3) is 0 Å². The Kier molecular flexibility index (Phi) is 5.98. The molecule has 3 rings (SSSR count). The molecule has 3 N–H and O–H groups in total. The van der Waals surface area contributed by atoms with Crippen LogP contribution in [0.15, 0.2) is 54.6 Å². The molecular weight excluding hydrogens is 482 g/mol. The molecule has 0 aliphatic rings. The van der Waals surface area contributed by atoms with E-state index < -0.39 is 26.4 Å². The highest BCUT2D eigenvalue weighted by molar-refractivity contribution is 7.87. The molecule has 5 nitrogen and oxygen atoms in total. The quantitative estimate of drug-likeness (QED) is 0.311. The van der Waals surface area contributed by atoms with Gasteiger partial charge in [-0.3, -0.25) is 4.55 Å². The van der Waals surface area contributed by atoms with Crippen LogP contribution in [0.1, 0.15) is 16.7 Å². The Bertz CT molecular complexity index is 1190. The minimum atomic E-state index is -5.07. The molecule has 0 amide bonds. The van der Waals surface area contributed by atoms with Crippen molar-refractivity contribution in [3.05, 3.63) is 91.4 Å². The van der Waals surface area contributed by atoms with E-state index in [9.17, 15) is 23.2 Å². The van der Waals surface area contributed by atoms with Gasteiger partial charge in [-0.2, -0.15) is 8.42 Å². The van der Waals surface area contributed by atoms with Crippen LogP contribution in [0.3, 0.4) is 0 Å². The van der Waals surface area contributed by atoms with Gasteiger partial charge in [0.1, 0.15) is 5.75 Å². The lowest BCUT2D eigenvalue weighted by molar-refractivity contribution is 0.455. The summed E-state index contributed by atoms with van der Waals surface area (Å²) < 4.78 is 34.1. The van der Waals surface area contributed by atoms with Gasteiger partial charge < -0.3 is 10.2 Å². The standard InChI is InChI=1S/C19H12Cl4O5S/c20-13-6-2-1-4-11(13)19(29(26,27)28,12-5-3-7-16(24)17(12)23)10-8-14(21)18(25)15(22)9-10/h1-9,24-25H,(H,26,27,28). The molecule has 0 bridgehead atoms. The summed E-state index contributed by atoms with van der Waals surface area (Å²) in [6.07, 6.45) is 0. The fraction of sp³-hybridized carbons (Fsp3) is 0.0526. The number of rotatable bonds is 4. The second-order valence-electron chi connectivity index (χ2n) is 6.06. The molecule has 0 radical (unpaired) electrons. The molecule has 1 atom stereocenters. The fourth-order valence-corrected chi connectivity index (χ4v) is 5.65. The van der Waals surface area contributed by atoms with Crippen LogP contribution in [0.5, 0.6) is 11.5 Å². The highest BCUT2D eigenvalue weighted by atomic mass is 35.5. The van der Waals surface area contributed by atoms with E-state index >= 15 is 0 Å². The molecular formula is C19H12Cl4O5S. The third kappa shape index (κ3) is 3.54. The van der Waals surface area contributed by atoms with E-state index in [0.717, 1.165) is 12.1 Å². The Morgan fingerprint density at radius 2 is 1.31 bits per heavy atom. The summed E-state index contributed by atoms with van der Waals surface area (Å²) in [4.78, 5) is 0. The van der Waals surface area contributed by atoms with Gasteiger partial charge in [-0.05, 0) is 29.8 Å². The Balaban J connectivity index is 2.63. The van der Waals surface area contributed by atoms with E-state index in [4.69, 9.17) is 46.4 Å². The largest absolute Gasteiger partial charge is 0.506 e. The molecule has 3 aromatic rings. The number of phenols is 2. The molecule has 0 spiro atoms. The minimum absolute atomic E-state index is 0.00939. The van der Waals surface area contributed by atoms with Crippen molar-refractivity contribution in [3.63, 3.8) is 0 Å². The van der Waals surface area contributed by atoms with Gasteiger partial charge in [0.05, 0.1) is 15.1 Å². The van der Waals surface area contributed by atoms with E-state index in [1.807, 2.05) is 0 Å². The monoisotopic (exact) mass is 492 g/mol. The van der Waals surface area contributed by atoms with E-state index in [1.165, 1.54) is 36.4 Å². The van der Waals surface area contributed by atoms with Gasteiger partial charge in [0.2, 0.25) is 0 Å². The first-order valence-electron chi connectivity index (χ1n) is 7.90. The van der Waals surface area contributed by atoms with E-state index in [1.54, 1.807) is 6.07 Å². The molecule has 152 valence electrons. The lowest BCUT2D eigenvalue weighted by Crippen LogP contribution is -2.39. The molecule has 0 fully saturated rings. The van der Waals surface area contributed by atoms with E-state index in [-0.39, 0.29) is 36.8 Å². The molecule has 0 heterocycles. The van der Waals surface area contributed by atoms with Gasteiger partial charge in [0.15, 0.2) is 10.5 Å². The van der Waals surface area contributed by atoms with Gasteiger partial charge in [0.25, 0.3) is 10.1 Å². The molecule has 10 heteroatoms. The highest BCUT2D eigenvalue weighted by Crippen LogP contribution is 2.51. The zero-order valence-corrected chi connectivity index (χ0v) is 18.1. The van der Waals surface area contributed by atoms with Crippen LogP contribution in [0, 0.1) is 0 Å². The van der Waals surface area contributed by atoms with Crippen molar-refractivity contribution >= 4 is 56.5 Å². The number of benzene rings is 3. The summed E-state index contributed by atoms with van der Waals surface area (Å²) in [7, 11) is -5.07. The molecule has 0 aliphatic heterocycles. The number of halogens is 4. The SMILES string of the molecule is O=S(=O)(O)C(c1cc(Cl)c(O)c(Cl)c1)(c1ccccc1Cl)c1cccc(O)c1Cl. The third-order valence-corrected chi connectivity index (χ3v) is 7.17. The zero-order valence-electron chi connectivity index (χ0n) is 14.3. The average molecular weight is 494 g/mol. The molecule has 3 aromatic carbocycles. The predicted octanol–water partition coefficient (Wildman–Crippen LogP) is 5.89. The molecule has 29 heavy (non-hydrogen) atoms. The Morgan fingerprint density at radius 1 is 0.759 bits per heavy atom. The second kappa shape index (κ2) is 7.87. The summed E-state index contributed by atoms with van der Waals surface area (Å²) in [5.41, 5.74) is -0.393. The number of phenolic OH excluding ortho intramolecular Hbond substituents is 2. The Hall–Kier alpha value is -1.67. The fourth-order valence-electron chi connectivity index (χ4n) is 3.19. The third-order valence-electron chi connectivity index (χ3n) is 4.42. The summed E-state index contributed by atoms with van der Waals surface area (Å²) in [6.45, 7) is 0. The summed E-state index contributed by atoms with van der Waals surface area (Å²) in [5.74, 6) is -0.886. The maximum Gasteiger partial charge on any atom is 0.283 e. The molecule has 1 unspecified atom stereocenters. The summed E-state index contributed by atoms with van der Waals surface area (Å²) >= 11 is 24.7. The zero-order chi connectivity index (χ0) is 21.6. The van der Waals surface area contributed by atoms with Crippen LogP contribution in [-0.4, -0.2) is 23.2 Å². The lowest BCUT2D eigenvalue weighted by atomic mass is 9.83. The lowest BCUT2D eigenvalue weighted by Gasteiger charge is -2.34. The van der Waals surface area contributed by atoms with Crippen LogP contribution in [-0.2, 0) is 14.9 Å². The average Bonchev–Trinajstić information content (AvgIpc) is 2.63. The van der Waals surface area contributed by atoms with Crippen molar-refractivity contribution < 1.29 is 23.2 Å². The van der Waals surface area contributed by atoms with E-state index in [2.05, 4.69) is 0 Å². The van der Waals surface area contributed by atoms with Gasteiger partial charge in [-0.1, -0.05) is 76.7 Å². The molecule has 0 aromatic heterocycles. The van der Waals surface area contributed by atoms with Crippen LogP contribution in [0.4, 0.5) is 0 Å². The topological polar surface area (TPSA) is 94.8 Å². The number of hydrogen-bond donors (Lipinski definition) is 3. The van der Waals surface area contributed by atoms with Crippen LogP contribution in [0.2, 0.25) is 20.1 Å². The van der Waals surface area contributed by atoms with Crippen molar-refractivity contribution in [2.45, 2.75) is 4.75 Å². The molecule has 0 saturated carbocycles. The first-order chi connectivity index (χ1) is 13.5. The van der Waals surface area contributed by atoms with Crippen molar-refractivity contribution in [3.8, 4) is 11.5 Å². The van der Waals surface area contributed by atoms with Crippen molar-refractivity contribution in [2.75, 3.05) is 0 Å². The Morgan fingerprint density at radius 3 is 1.86 bits per heavy atom. The van der Waals surface area contributed by atoms with Gasteiger partial charge in [-0.25, -0.2) is 0 Å². The predicted molar refractivity (Wildman–Crippen MR) is 114 cm³/mol. The summed E-state index contributed by atoms with van der Waals surface area (Å²) in [5, 5.41) is 19.2. The smallest absolute Gasteiger partial charge is 0.283 e. The van der Waals surface area contributed by atoms with E-state index in [0.29, 0.717) is 0 Å². The summed E-state index contributed by atoms with van der Waals surface area (Å²) in [6, 6.07) is 12.1. The number of hydrogen-bond acceptors (Lipinski definition) is 4.